The highest BCUT2D eigenvalue weighted by molar-refractivity contribution is 7.99. The molecule has 1 aliphatic heterocycles. The van der Waals surface area contributed by atoms with Crippen LogP contribution in [0.15, 0.2) is 24.3 Å². The van der Waals surface area contributed by atoms with E-state index >= 15 is 0 Å². The minimum Gasteiger partial charge on any atom is -0.342 e. The zero-order valence-corrected chi connectivity index (χ0v) is 13.0. The fourth-order valence-electron chi connectivity index (χ4n) is 2.57. The van der Waals surface area contributed by atoms with E-state index in [9.17, 15) is 4.79 Å². The molecule has 0 spiro atoms. The molecule has 3 nitrogen and oxygen atoms in total. The van der Waals surface area contributed by atoms with Gasteiger partial charge in [-0.05, 0) is 37.8 Å². The molecule has 0 radical (unpaired) electrons. The summed E-state index contributed by atoms with van der Waals surface area (Å²) in [7, 11) is 0. The molecule has 0 bridgehead atoms. The molecule has 1 heterocycles. The number of rotatable bonds is 5. The Balaban J connectivity index is 1.70. The summed E-state index contributed by atoms with van der Waals surface area (Å²) in [5.74, 6) is 2.38. The second-order valence-corrected chi connectivity index (χ2v) is 6.53. The highest BCUT2D eigenvalue weighted by Gasteiger charge is 2.21. The van der Waals surface area contributed by atoms with Crippen molar-refractivity contribution in [2.24, 2.45) is 11.7 Å². The van der Waals surface area contributed by atoms with Crippen LogP contribution in [0.1, 0.15) is 24.0 Å². The van der Waals surface area contributed by atoms with Crippen molar-refractivity contribution < 1.29 is 4.79 Å². The van der Waals surface area contributed by atoms with Crippen molar-refractivity contribution in [1.29, 1.82) is 0 Å². The maximum atomic E-state index is 12.1. The maximum absolute atomic E-state index is 12.1. The molecule has 20 heavy (non-hydrogen) atoms. The van der Waals surface area contributed by atoms with Crippen molar-refractivity contribution in [1.82, 2.24) is 4.90 Å². The van der Waals surface area contributed by atoms with Gasteiger partial charge in [0.05, 0.1) is 5.75 Å². The van der Waals surface area contributed by atoms with Crippen molar-refractivity contribution >= 4 is 17.7 Å². The quantitative estimate of drug-likeness (QED) is 0.906. The first-order valence-electron chi connectivity index (χ1n) is 7.30. The van der Waals surface area contributed by atoms with Gasteiger partial charge in [0.1, 0.15) is 0 Å². The van der Waals surface area contributed by atoms with Crippen molar-refractivity contribution in [3.63, 3.8) is 0 Å². The molecule has 2 N–H and O–H groups in total. The lowest BCUT2D eigenvalue weighted by Crippen LogP contribution is -2.40. The summed E-state index contributed by atoms with van der Waals surface area (Å²) >= 11 is 1.71. The zero-order valence-electron chi connectivity index (χ0n) is 12.2. The molecular weight excluding hydrogens is 268 g/mol. The summed E-state index contributed by atoms with van der Waals surface area (Å²) in [5, 5.41) is 0. The van der Waals surface area contributed by atoms with E-state index in [1.54, 1.807) is 11.8 Å². The van der Waals surface area contributed by atoms with E-state index in [0.717, 1.165) is 38.2 Å². The Kier molecular flexibility index (Phi) is 5.92. The van der Waals surface area contributed by atoms with E-state index in [4.69, 9.17) is 5.73 Å². The summed E-state index contributed by atoms with van der Waals surface area (Å²) in [6.07, 6.45) is 2.12. The highest BCUT2D eigenvalue weighted by atomic mass is 32.2. The number of hydrogen-bond acceptors (Lipinski definition) is 3. The van der Waals surface area contributed by atoms with Gasteiger partial charge < -0.3 is 10.6 Å². The van der Waals surface area contributed by atoms with E-state index in [2.05, 4.69) is 31.2 Å². The Morgan fingerprint density at radius 2 is 2.15 bits per heavy atom. The van der Waals surface area contributed by atoms with Gasteiger partial charge >= 0.3 is 0 Å². The van der Waals surface area contributed by atoms with Gasteiger partial charge in [-0.15, -0.1) is 11.8 Å². The molecule has 1 aromatic carbocycles. The lowest BCUT2D eigenvalue weighted by molar-refractivity contribution is -0.129. The second-order valence-electron chi connectivity index (χ2n) is 5.54. The van der Waals surface area contributed by atoms with Gasteiger partial charge in [-0.25, -0.2) is 0 Å². The second kappa shape index (κ2) is 7.70. The predicted octanol–water partition coefficient (Wildman–Crippen LogP) is 2.43. The van der Waals surface area contributed by atoms with Gasteiger partial charge in [0.25, 0.3) is 0 Å². The molecule has 0 aliphatic carbocycles. The summed E-state index contributed by atoms with van der Waals surface area (Å²) in [4.78, 5) is 14.1. The lowest BCUT2D eigenvalue weighted by Gasteiger charge is -2.31. The fraction of sp³-hybridized carbons (Fsp3) is 0.562. The number of carbonyl (C=O) groups excluding carboxylic acids is 1. The number of nitrogens with two attached hydrogens (primary N) is 1. The Morgan fingerprint density at radius 3 is 2.80 bits per heavy atom. The van der Waals surface area contributed by atoms with Crippen LogP contribution >= 0.6 is 11.8 Å². The minimum atomic E-state index is 0.276. The average Bonchev–Trinajstić information content (AvgIpc) is 2.47. The maximum Gasteiger partial charge on any atom is 0.232 e. The smallest absolute Gasteiger partial charge is 0.232 e. The van der Waals surface area contributed by atoms with Crippen LogP contribution in [0.2, 0.25) is 0 Å². The largest absolute Gasteiger partial charge is 0.342 e. The van der Waals surface area contributed by atoms with E-state index < -0.39 is 0 Å². The number of hydrogen-bond donors (Lipinski definition) is 1. The number of amides is 1. The number of likely N-dealkylation sites (tertiary alicyclic amines) is 1. The summed E-state index contributed by atoms with van der Waals surface area (Å²) in [5.41, 5.74) is 8.25. The van der Waals surface area contributed by atoms with Crippen LogP contribution in [0, 0.1) is 12.8 Å². The van der Waals surface area contributed by atoms with Crippen molar-refractivity contribution in [3.05, 3.63) is 35.4 Å². The Hall–Kier alpha value is -1.00. The van der Waals surface area contributed by atoms with E-state index in [1.807, 2.05) is 4.90 Å². The van der Waals surface area contributed by atoms with Crippen LogP contribution < -0.4 is 5.73 Å². The number of piperidine rings is 1. The number of carbonyl (C=O) groups is 1. The Bertz CT molecular complexity index is 442. The molecule has 1 amide bonds. The van der Waals surface area contributed by atoms with E-state index in [-0.39, 0.29) is 5.91 Å². The third kappa shape index (κ3) is 4.53. The molecule has 0 atom stereocenters. The molecule has 1 aliphatic rings. The SMILES string of the molecule is Cc1cccc(CSCC(=O)N2CCC(CN)CC2)c1. The minimum absolute atomic E-state index is 0.276. The van der Waals surface area contributed by atoms with Crippen LogP contribution in [0.3, 0.4) is 0 Å². The van der Waals surface area contributed by atoms with Crippen LogP contribution in [-0.4, -0.2) is 36.2 Å². The molecule has 2 rings (SSSR count). The molecule has 4 heteroatoms. The highest BCUT2D eigenvalue weighted by Crippen LogP contribution is 2.18. The molecule has 0 unspecified atom stereocenters. The van der Waals surface area contributed by atoms with Crippen molar-refractivity contribution in [2.75, 3.05) is 25.4 Å². The third-order valence-electron chi connectivity index (χ3n) is 3.88. The molecule has 1 saturated heterocycles. The topological polar surface area (TPSA) is 46.3 Å². The normalized spacial score (nSPS) is 16.4. The monoisotopic (exact) mass is 292 g/mol. The van der Waals surface area contributed by atoms with E-state index in [0.29, 0.717) is 11.7 Å². The molecular formula is C16H24N2OS. The summed E-state index contributed by atoms with van der Waals surface area (Å²) < 4.78 is 0. The fourth-order valence-corrected chi connectivity index (χ4v) is 3.44. The first kappa shape index (κ1) is 15.4. The molecule has 1 fully saturated rings. The number of nitrogens with zero attached hydrogens (tertiary/aromatic N) is 1. The van der Waals surface area contributed by atoms with Gasteiger partial charge in [0.15, 0.2) is 0 Å². The van der Waals surface area contributed by atoms with Crippen molar-refractivity contribution in [2.45, 2.75) is 25.5 Å². The average molecular weight is 292 g/mol. The first-order valence-corrected chi connectivity index (χ1v) is 8.45. The molecule has 0 saturated carbocycles. The van der Waals surface area contributed by atoms with Gasteiger partial charge in [0.2, 0.25) is 5.91 Å². The number of benzene rings is 1. The number of thioether (sulfide) groups is 1. The Labute approximate surface area is 125 Å². The molecule has 110 valence electrons. The first-order chi connectivity index (χ1) is 9.69. The third-order valence-corrected chi connectivity index (χ3v) is 4.87. The van der Waals surface area contributed by atoms with Crippen molar-refractivity contribution in [3.8, 4) is 0 Å². The van der Waals surface area contributed by atoms with Crippen LogP contribution in [-0.2, 0) is 10.5 Å². The van der Waals surface area contributed by atoms with Crippen LogP contribution in [0.25, 0.3) is 0 Å². The molecule has 0 aromatic heterocycles. The standard InChI is InChI=1S/C16H24N2OS/c1-13-3-2-4-15(9-13)11-20-12-16(19)18-7-5-14(10-17)6-8-18/h2-4,9,14H,5-8,10-12,17H2,1H3. The molecule has 1 aromatic rings. The lowest BCUT2D eigenvalue weighted by atomic mass is 9.97. The van der Waals surface area contributed by atoms with Gasteiger partial charge in [-0.1, -0.05) is 29.8 Å². The van der Waals surface area contributed by atoms with E-state index in [1.165, 1.54) is 11.1 Å². The number of aryl methyl sites for hydroxylation is 1. The van der Waals surface area contributed by atoms with Gasteiger partial charge in [0, 0.05) is 18.8 Å². The zero-order chi connectivity index (χ0) is 14.4. The Morgan fingerprint density at radius 1 is 1.40 bits per heavy atom. The summed E-state index contributed by atoms with van der Waals surface area (Å²) in [6, 6.07) is 8.48. The van der Waals surface area contributed by atoms with Gasteiger partial charge in [-0.3, -0.25) is 4.79 Å². The summed E-state index contributed by atoms with van der Waals surface area (Å²) in [6.45, 7) is 4.61. The van der Waals surface area contributed by atoms with Gasteiger partial charge in [-0.2, -0.15) is 0 Å². The predicted molar refractivity (Wildman–Crippen MR) is 85.7 cm³/mol. The van der Waals surface area contributed by atoms with Crippen LogP contribution in [0.5, 0.6) is 0 Å². The van der Waals surface area contributed by atoms with Crippen LogP contribution in [0.4, 0.5) is 0 Å².